The third kappa shape index (κ3) is 2.64. The standard InChI is InChI=1S/C12H10N4O3S/c13-10(17)6-1-3-15-5-8(6)9-7(2-4-20-9)11(18)16-12(14)19/h1-5H,(H2,13,17)(H3,14,16,18,19). The fourth-order valence-corrected chi connectivity index (χ4v) is 2.58. The fourth-order valence-electron chi connectivity index (χ4n) is 1.67. The van der Waals surface area contributed by atoms with Gasteiger partial charge in [-0.25, -0.2) is 4.79 Å². The van der Waals surface area contributed by atoms with Gasteiger partial charge in [-0.15, -0.1) is 11.3 Å². The molecule has 2 heterocycles. The van der Waals surface area contributed by atoms with Crippen molar-refractivity contribution in [2.75, 3.05) is 0 Å². The third-order valence-corrected chi connectivity index (χ3v) is 3.43. The van der Waals surface area contributed by atoms with Crippen molar-refractivity contribution in [2.45, 2.75) is 0 Å². The van der Waals surface area contributed by atoms with Crippen molar-refractivity contribution in [1.82, 2.24) is 10.3 Å². The molecule has 2 aromatic heterocycles. The first kappa shape index (κ1) is 13.7. The maximum Gasteiger partial charge on any atom is 0.319 e. The Hall–Kier alpha value is -2.74. The van der Waals surface area contributed by atoms with Crippen LogP contribution in [0.3, 0.4) is 0 Å². The summed E-state index contributed by atoms with van der Waals surface area (Å²) in [5.41, 5.74) is 11.1. The van der Waals surface area contributed by atoms with Crippen LogP contribution in [0.1, 0.15) is 20.7 Å². The molecule has 7 nitrogen and oxygen atoms in total. The third-order valence-electron chi connectivity index (χ3n) is 2.48. The second-order valence-corrected chi connectivity index (χ2v) is 4.68. The summed E-state index contributed by atoms with van der Waals surface area (Å²) in [7, 11) is 0. The van der Waals surface area contributed by atoms with E-state index in [9.17, 15) is 14.4 Å². The average molecular weight is 290 g/mol. The molecule has 4 amide bonds. The van der Waals surface area contributed by atoms with Gasteiger partial charge in [0, 0.05) is 22.8 Å². The van der Waals surface area contributed by atoms with Gasteiger partial charge in [0.2, 0.25) is 5.91 Å². The summed E-state index contributed by atoms with van der Waals surface area (Å²) in [6, 6.07) is 2.04. The van der Waals surface area contributed by atoms with Gasteiger partial charge in [0.05, 0.1) is 11.1 Å². The Bertz CT molecular complexity index is 696. The minimum Gasteiger partial charge on any atom is -0.366 e. The van der Waals surface area contributed by atoms with Crippen molar-refractivity contribution >= 4 is 29.2 Å². The largest absolute Gasteiger partial charge is 0.366 e. The number of nitrogens with zero attached hydrogens (tertiary/aromatic N) is 1. The Morgan fingerprint density at radius 3 is 2.55 bits per heavy atom. The molecule has 0 atom stereocenters. The molecule has 0 aliphatic carbocycles. The van der Waals surface area contributed by atoms with E-state index in [0.29, 0.717) is 10.4 Å². The number of imide groups is 1. The van der Waals surface area contributed by atoms with Crippen molar-refractivity contribution in [2.24, 2.45) is 11.5 Å². The lowest BCUT2D eigenvalue weighted by molar-refractivity contribution is 0.0964. The number of carbonyl (C=O) groups is 3. The zero-order chi connectivity index (χ0) is 14.7. The molecule has 0 spiro atoms. The zero-order valence-corrected chi connectivity index (χ0v) is 10.9. The van der Waals surface area contributed by atoms with Gasteiger partial charge < -0.3 is 11.5 Å². The lowest BCUT2D eigenvalue weighted by Gasteiger charge is -2.06. The fraction of sp³-hybridized carbons (Fsp3) is 0. The maximum absolute atomic E-state index is 11.8. The van der Waals surface area contributed by atoms with E-state index in [-0.39, 0.29) is 11.1 Å². The average Bonchev–Trinajstić information content (AvgIpc) is 2.87. The predicted octanol–water partition coefficient (Wildman–Crippen LogP) is 0.717. The number of carbonyl (C=O) groups excluding carboxylic acids is 3. The highest BCUT2D eigenvalue weighted by atomic mass is 32.1. The molecule has 8 heteroatoms. The normalized spacial score (nSPS) is 10.0. The quantitative estimate of drug-likeness (QED) is 0.769. The molecule has 0 saturated heterocycles. The van der Waals surface area contributed by atoms with Crippen LogP contribution < -0.4 is 16.8 Å². The molecule has 0 aliphatic heterocycles. The highest BCUT2D eigenvalue weighted by Crippen LogP contribution is 2.31. The van der Waals surface area contributed by atoms with E-state index in [1.165, 1.54) is 35.9 Å². The summed E-state index contributed by atoms with van der Waals surface area (Å²) < 4.78 is 0. The molecule has 5 N–H and O–H groups in total. The minimum atomic E-state index is -0.950. The van der Waals surface area contributed by atoms with Crippen molar-refractivity contribution in [3.8, 4) is 10.4 Å². The molecule has 0 aromatic carbocycles. The lowest BCUT2D eigenvalue weighted by atomic mass is 10.1. The predicted molar refractivity (Wildman–Crippen MR) is 73.1 cm³/mol. The number of aromatic nitrogens is 1. The molecule has 0 saturated carbocycles. The van der Waals surface area contributed by atoms with E-state index in [0.717, 1.165) is 0 Å². The number of rotatable bonds is 3. The van der Waals surface area contributed by atoms with E-state index < -0.39 is 17.8 Å². The van der Waals surface area contributed by atoms with Crippen LogP contribution in [0.25, 0.3) is 10.4 Å². The van der Waals surface area contributed by atoms with E-state index in [4.69, 9.17) is 11.5 Å². The topological polar surface area (TPSA) is 128 Å². The van der Waals surface area contributed by atoms with Crippen molar-refractivity contribution in [3.63, 3.8) is 0 Å². The Morgan fingerprint density at radius 1 is 1.15 bits per heavy atom. The van der Waals surface area contributed by atoms with Crippen LogP contribution in [0.5, 0.6) is 0 Å². The number of pyridine rings is 1. The summed E-state index contributed by atoms with van der Waals surface area (Å²) in [4.78, 5) is 38.4. The first-order chi connectivity index (χ1) is 9.50. The van der Waals surface area contributed by atoms with Crippen LogP contribution in [0.15, 0.2) is 29.9 Å². The van der Waals surface area contributed by atoms with E-state index in [2.05, 4.69) is 4.98 Å². The summed E-state index contributed by atoms with van der Waals surface area (Å²) in [5.74, 6) is -1.27. The summed E-state index contributed by atoms with van der Waals surface area (Å²) >= 11 is 1.23. The number of nitrogens with two attached hydrogens (primary N) is 2. The molecule has 102 valence electrons. The SMILES string of the molecule is NC(=O)NC(=O)c1ccsc1-c1cnccc1C(N)=O. The van der Waals surface area contributed by atoms with Crippen LogP contribution >= 0.6 is 11.3 Å². The monoisotopic (exact) mass is 290 g/mol. The number of urea groups is 1. The summed E-state index contributed by atoms with van der Waals surface area (Å²) in [6.45, 7) is 0. The Kier molecular flexibility index (Phi) is 3.76. The van der Waals surface area contributed by atoms with Gasteiger partial charge in [-0.3, -0.25) is 19.9 Å². The van der Waals surface area contributed by atoms with E-state index >= 15 is 0 Å². The van der Waals surface area contributed by atoms with E-state index in [1.54, 1.807) is 5.38 Å². The lowest BCUT2D eigenvalue weighted by Crippen LogP contribution is -2.35. The Balaban J connectivity index is 2.50. The molecule has 0 aliphatic rings. The second-order valence-electron chi connectivity index (χ2n) is 3.77. The molecular formula is C12H10N4O3S. The molecule has 20 heavy (non-hydrogen) atoms. The highest BCUT2D eigenvalue weighted by molar-refractivity contribution is 7.14. The van der Waals surface area contributed by atoms with Crippen molar-refractivity contribution in [1.29, 1.82) is 0 Å². The molecule has 0 bridgehead atoms. The summed E-state index contributed by atoms with van der Waals surface area (Å²) in [5, 5.41) is 3.63. The molecule has 0 fully saturated rings. The highest BCUT2D eigenvalue weighted by Gasteiger charge is 2.19. The smallest absolute Gasteiger partial charge is 0.319 e. The molecule has 2 rings (SSSR count). The van der Waals surface area contributed by atoms with Gasteiger partial charge in [0.1, 0.15) is 0 Å². The Labute approximate surface area is 117 Å². The summed E-state index contributed by atoms with van der Waals surface area (Å²) in [6.07, 6.45) is 2.87. The van der Waals surface area contributed by atoms with Crippen molar-refractivity contribution < 1.29 is 14.4 Å². The number of primary amides is 2. The van der Waals surface area contributed by atoms with Gasteiger partial charge in [-0.05, 0) is 17.5 Å². The van der Waals surface area contributed by atoms with E-state index in [1.807, 2.05) is 5.32 Å². The molecule has 0 radical (unpaired) electrons. The van der Waals surface area contributed by atoms with Crippen LogP contribution in [-0.4, -0.2) is 22.8 Å². The first-order valence-corrected chi connectivity index (χ1v) is 6.31. The van der Waals surface area contributed by atoms with Crippen LogP contribution in [0.2, 0.25) is 0 Å². The van der Waals surface area contributed by atoms with Gasteiger partial charge in [-0.1, -0.05) is 0 Å². The zero-order valence-electron chi connectivity index (χ0n) is 10.1. The first-order valence-electron chi connectivity index (χ1n) is 5.43. The second kappa shape index (κ2) is 5.49. The number of nitrogens with one attached hydrogen (secondary N) is 1. The van der Waals surface area contributed by atoms with Crippen LogP contribution in [0.4, 0.5) is 4.79 Å². The molecule has 2 aromatic rings. The maximum atomic E-state index is 11.8. The van der Waals surface area contributed by atoms with Crippen molar-refractivity contribution in [3.05, 3.63) is 41.0 Å². The molecular weight excluding hydrogens is 280 g/mol. The molecule has 0 unspecified atom stereocenters. The van der Waals surface area contributed by atoms with Crippen LogP contribution in [-0.2, 0) is 0 Å². The minimum absolute atomic E-state index is 0.226. The van der Waals surface area contributed by atoms with Gasteiger partial charge in [-0.2, -0.15) is 0 Å². The van der Waals surface area contributed by atoms with Gasteiger partial charge in [0.15, 0.2) is 0 Å². The number of hydrogen-bond donors (Lipinski definition) is 3. The van der Waals surface area contributed by atoms with Gasteiger partial charge >= 0.3 is 6.03 Å². The number of hydrogen-bond acceptors (Lipinski definition) is 5. The van der Waals surface area contributed by atoms with Gasteiger partial charge in [0.25, 0.3) is 5.91 Å². The number of thiophene rings is 1. The van der Waals surface area contributed by atoms with Crippen LogP contribution in [0, 0.1) is 0 Å². The Morgan fingerprint density at radius 2 is 1.90 bits per heavy atom. The number of amides is 4.